The Labute approximate surface area is 181 Å². The molecule has 3 saturated carbocycles. The van der Waals surface area contributed by atoms with Gasteiger partial charge in [0.15, 0.2) is 0 Å². The fourth-order valence-corrected chi connectivity index (χ4v) is 8.48. The molecule has 0 saturated heterocycles. The zero-order valence-corrected chi connectivity index (χ0v) is 19.2. The van der Waals surface area contributed by atoms with E-state index in [0.29, 0.717) is 17.3 Å². The minimum atomic E-state index is -0.910. The van der Waals surface area contributed by atoms with Crippen LogP contribution in [0.4, 0.5) is 0 Å². The van der Waals surface area contributed by atoms with Gasteiger partial charge in [-0.15, -0.1) is 0 Å². The van der Waals surface area contributed by atoms with Crippen molar-refractivity contribution < 1.29 is 19.4 Å². The SMILES string of the molecule is CC(=O)O[C@@H]1CC[C@@]2(C)C(=CC[C@H]3[C@H]4CC[C@H]([C@H](C)CCC(=O)[O-])[C@@]4(C)CC[C@@H]32)C1. The number of carboxylic acid groups (broad SMARTS) is 1. The molecule has 4 aliphatic rings. The zero-order chi connectivity index (χ0) is 21.7. The highest BCUT2D eigenvalue weighted by Crippen LogP contribution is 2.67. The summed E-state index contributed by atoms with van der Waals surface area (Å²) in [6, 6.07) is 0. The van der Waals surface area contributed by atoms with Gasteiger partial charge in [0, 0.05) is 19.3 Å². The molecule has 0 aromatic heterocycles. The average molecular weight is 416 g/mol. The monoisotopic (exact) mass is 415 g/mol. The first-order valence-corrected chi connectivity index (χ1v) is 12.2. The molecule has 0 bridgehead atoms. The lowest BCUT2D eigenvalue weighted by atomic mass is 9.47. The standard InChI is InChI=1S/C26H40O4/c1-16(5-10-24(28)29)21-8-9-22-20-7-6-18-15-19(30-17(2)27)11-13-25(18,3)23(20)12-14-26(21,22)4/h6,16,19-23H,5,7-15H2,1-4H3,(H,28,29)/p-1/t16-,19-,20+,21-,22-,23+,25+,26-/m1/s1. The molecule has 0 N–H and O–H groups in total. The molecule has 3 fully saturated rings. The van der Waals surface area contributed by atoms with Crippen LogP contribution in [-0.2, 0) is 14.3 Å². The topological polar surface area (TPSA) is 66.4 Å². The van der Waals surface area contributed by atoms with Crippen molar-refractivity contribution >= 4 is 11.9 Å². The van der Waals surface area contributed by atoms with Gasteiger partial charge in [-0.3, -0.25) is 4.79 Å². The van der Waals surface area contributed by atoms with Crippen molar-refractivity contribution in [2.24, 2.45) is 40.4 Å². The lowest BCUT2D eigenvalue weighted by molar-refractivity contribution is -0.306. The third kappa shape index (κ3) is 3.62. The fraction of sp³-hybridized carbons (Fsp3) is 0.846. The number of hydrogen-bond acceptors (Lipinski definition) is 4. The third-order valence-electron chi connectivity index (χ3n) is 9.96. The van der Waals surface area contributed by atoms with Gasteiger partial charge in [0.2, 0.25) is 0 Å². The van der Waals surface area contributed by atoms with Crippen LogP contribution < -0.4 is 5.11 Å². The maximum Gasteiger partial charge on any atom is 0.302 e. The maximum atomic E-state index is 11.4. The summed E-state index contributed by atoms with van der Waals surface area (Å²) in [6.45, 7) is 8.78. The van der Waals surface area contributed by atoms with Crippen molar-refractivity contribution in [3.8, 4) is 0 Å². The van der Waals surface area contributed by atoms with Crippen LogP contribution in [0.2, 0.25) is 0 Å². The Balaban J connectivity index is 1.51. The number of esters is 1. The summed E-state index contributed by atoms with van der Waals surface area (Å²) < 4.78 is 5.56. The molecule has 8 atom stereocenters. The molecule has 0 aromatic carbocycles. The maximum absolute atomic E-state index is 11.4. The van der Waals surface area contributed by atoms with Crippen molar-refractivity contribution in [2.75, 3.05) is 0 Å². The molecular weight excluding hydrogens is 376 g/mol. The summed E-state index contributed by atoms with van der Waals surface area (Å²) in [6.07, 6.45) is 12.8. The number of ether oxygens (including phenoxy) is 1. The van der Waals surface area contributed by atoms with Crippen molar-refractivity contribution in [3.63, 3.8) is 0 Å². The lowest BCUT2D eigenvalue weighted by Gasteiger charge is -2.58. The molecule has 4 aliphatic carbocycles. The molecule has 0 aliphatic heterocycles. The van der Waals surface area contributed by atoms with E-state index in [9.17, 15) is 14.7 Å². The number of rotatable bonds is 5. The Hall–Kier alpha value is -1.32. The van der Waals surface area contributed by atoms with Crippen LogP contribution in [0.15, 0.2) is 11.6 Å². The van der Waals surface area contributed by atoms with E-state index in [0.717, 1.165) is 43.4 Å². The minimum Gasteiger partial charge on any atom is -0.550 e. The van der Waals surface area contributed by atoms with Crippen molar-refractivity contribution in [3.05, 3.63) is 11.6 Å². The largest absolute Gasteiger partial charge is 0.550 e. The number of fused-ring (bicyclic) bond motifs is 5. The van der Waals surface area contributed by atoms with Crippen molar-refractivity contribution in [2.45, 2.75) is 98.0 Å². The molecule has 4 heteroatoms. The van der Waals surface area contributed by atoms with Gasteiger partial charge in [-0.2, -0.15) is 0 Å². The Kier molecular flexibility index (Phi) is 5.83. The van der Waals surface area contributed by atoms with Gasteiger partial charge in [-0.25, -0.2) is 0 Å². The Bertz CT molecular complexity index is 727. The molecule has 0 heterocycles. The number of carbonyl (C=O) groups is 2. The first-order valence-electron chi connectivity index (χ1n) is 12.2. The fourth-order valence-electron chi connectivity index (χ4n) is 8.48. The van der Waals surface area contributed by atoms with Crippen LogP contribution in [-0.4, -0.2) is 18.0 Å². The van der Waals surface area contributed by atoms with Gasteiger partial charge in [0.05, 0.1) is 0 Å². The van der Waals surface area contributed by atoms with E-state index in [-0.39, 0.29) is 23.9 Å². The molecule has 0 radical (unpaired) electrons. The Morgan fingerprint density at radius 1 is 1.17 bits per heavy atom. The van der Waals surface area contributed by atoms with Gasteiger partial charge >= 0.3 is 5.97 Å². The second kappa shape index (κ2) is 7.98. The molecule has 4 nitrogen and oxygen atoms in total. The average Bonchev–Trinajstić information content (AvgIpc) is 3.03. The van der Waals surface area contributed by atoms with Gasteiger partial charge in [-0.1, -0.05) is 32.4 Å². The Morgan fingerprint density at radius 3 is 2.63 bits per heavy atom. The highest BCUT2D eigenvalue weighted by molar-refractivity contribution is 5.66. The van der Waals surface area contributed by atoms with Crippen LogP contribution in [0.1, 0.15) is 91.9 Å². The van der Waals surface area contributed by atoms with E-state index >= 15 is 0 Å². The third-order valence-corrected chi connectivity index (χ3v) is 9.96. The summed E-state index contributed by atoms with van der Waals surface area (Å²) in [7, 11) is 0. The molecule has 0 aromatic rings. The van der Waals surface area contributed by atoms with Gasteiger partial charge in [0.1, 0.15) is 6.10 Å². The van der Waals surface area contributed by atoms with Gasteiger partial charge < -0.3 is 14.6 Å². The molecule has 0 unspecified atom stereocenters. The normalized spacial score (nSPS) is 43.6. The number of aliphatic carboxylic acids is 1. The molecule has 30 heavy (non-hydrogen) atoms. The van der Waals surface area contributed by atoms with Crippen LogP contribution in [0.3, 0.4) is 0 Å². The number of carboxylic acids is 1. The summed E-state index contributed by atoms with van der Waals surface area (Å²) in [5, 5.41) is 11.0. The first-order chi connectivity index (χ1) is 14.1. The molecule has 0 amide bonds. The molecule has 0 spiro atoms. The Morgan fingerprint density at radius 2 is 1.93 bits per heavy atom. The van der Waals surface area contributed by atoms with E-state index in [1.165, 1.54) is 39.0 Å². The summed E-state index contributed by atoms with van der Waals surface area (Å²) >= 11 is 0. The van der Waals surface area contributed by atoms with Crippen molar-refractivity contribution in [1.29, 1.82) is 0 Å². The lowest BCUT2D eigenvalue weighted by Crippen LogP contribution is -2.51. The van der Waals surface area contributed by atoms with E-state index in [1.54, 1.807) is 5.57 Å². The summed E-state index contributed by atoms with van der Waals surface area (Å²) in [5.74, 6) is 2.28. The predicted octanol–water partition coefficient (Wildman–Crippen LogP) is 4.66. The van der Waals surface area contributed by atoms with Crippen LogP contribution in [0, 0.1) is 40.4 Å². The smallest absolute Gasteiger partial charge is 0.302 e. The highest BCUT2D eigenvalue weighted by Gasteiger charge is 2.59. The number of hydrogen-bond donors (Lipinski definition) is 0. The molecular formula is C26H39O4-. The quantitative estimate of drug-likeness (QED) is 0.484. The highest BCUT2D eigenvalue weighted by atomic mass is 16.5. The number of carbonyl (C=O) groups excluding carboxylic acids is 2. The number of allylic oxidation sites excluding steroid dienone is 1. The van der Waals surface area contributed by atoms with Crippen molar-refractivity contribution in [1.82, 2.24) is 0 Å². The molecule has 168 valence electrons. The second-order valence-electron chi connectivity index (χ2n) is 11.3. The van der Waals surface area contributed by atoms with Crippen LogP contribution in [0.5, 0.6) is 0 Å². The second-order valence-corrected chi connectivity index (χ2v) is 11.3. The molecule has 4 rings (SSSR count). The van der Waals surface area contributed by atoms with E-state index < -0.39 is 5.97 Å². The summed E-state index contributed by atoms with van der Waals surface area (Å²) in [4.78, 5) is 22.4. The van der Waals surface area contributed by atoms with Gasteiger partial charge in [-0.05, 0) is 98.2 Å². The first kappa shape index (κ1) is 21.9. The van der Waals surface area contributed by atoms with Crippen LogP contribution >= 0.6 is 0 Å². The van der Waals surface area contributed by atoms with E-state index in [1.807, 2.05) is 0 Å². The van der Waals surface area contributed by atoms with E-state index in [4.69, 9.17) is 4.74 Å². The van der Waals surface area contributed by atoms with Gasteiger partial charge in [0.25, 0.3) is 0 Å². The van der Waals surface area contributed by atoms with Crippen LogP contribution in [0.25, 0.3) is 0 Å². The van der Waals surface area contributed by atoms with E-state index in [2.05, 4.69) is 26.8 Å². The minimum absolute atomic E-state index is 0.0627. The zero-order valence-electron chi connectivity index (χ0n) is 19.2. The summed E-state index contributed by atoms with van der Waals surface area (Å²) in [5.41, 5.74) is 2.16. The predicted molar refractivity (Wildman–Crippen MR) is 114 cm³/mol.